The van der Waals surface area contributed by atoms with Crippen molar-refractivity contribution in [3.63, 3.8) is 0 Å². The summed E-state index contributed by atoms with van der Waals surface area (Å²) >= 11 is 0. The summed E-state index contributed by atoms with van der Waals surface area (Å²) in [5.41, 5.74) is -0.469. The molecule has 0 spiro atoms. The molecule has 6 nitrogen and oxygen atoms in total. The van der Waals surface area contributed by atoms with Gasteiger partial charge in [-0.05, 0) is 37.3 Å². The van der Waals surface area contributed by atoms with Gasteiger partial charge in [-0.25, -0.2) is 18.4 Å². The molecule has 0 aromatic heterocycles. The minimum absolute atomic E-state index is 0.205. The van der Waals surface area contributed by atoms with Crippen LogP contribution >= 0.6 is 0 Å². The molecule has 27 heavy (non-hydrogen) atoms. The van der Waals surface area contributed by atoms with Crippen molar-refractivity contribution in [2.24, 2.45) is 0 Å². The molecule has 2 aromatic rings. The number of methoxy groups -OCH3 is 1. The Morgan fingerprint density at radius 1 is 1.30 bits per heavy atom. The van der Waals surface area contributed by atoms with Gasteiger partial charge in [0.15, 0.2) is 5.72 Å². The first kappa shape index (κ1) is 17.3. The van der Waals surface area contributed by atoms with Crippen LogP contribution < -0.4 is 15.0 Å². The van der Waals surface area contributed by atoms with Gasteiger partial charge >= 0.3 is 12.0 Å². The predicted molar refractivity (Wildman–Crippen MR) is 91.5 cm³/mol. The maximum Gasteiger partial charge on any atom is 0.337 e. The van der Waals surface area contributed by atoms with Crippen molar-refractivity contribution < 1.29 is 27.8 Å². The molecule has 4 rings (SSSR count). The van der Waals surface area contributed by atoms with E-state index in [-0.39, 0.29) is 12.1 Å². The van der Waals surface area contributed by atoms with Crippen LogP contribution in [0.2, 0.25) is 0 Å². The van der Waals surface area contributed by atoms with Crippen molar-refractivity contribution in [3.8, 4) is 5.75 Å². The SMILES string of the molecule is COC(=O)c1ccc2c(c1)[C@@H]1C[C@@](C)(O2)N(c2cc(F)ccc2F)C(=O)N1. The third kappa shape index (κ3) is 2.68. The Kier molecular flexibility index (Phi) is 3.80. The van der Waals surface area contributed by atoms with Gasteiger partial charge in [0.2, 0.25) is 0 Å². The second-order valence-electron chi connectivity index (χ2n) is 6.66. The number of ether oxygens (including phenoxy) is 2. The molecule has 1 fully saturated rings. The molecule has 2 aliphatic rings. The van der Waals surface area contributed by atoms with Crippen LogP contribution in [0.3, 0.4) is 0 Å². The number of benzene rings is 2. The number of nitrogens with zero attached hydrogens (tertiary/aromatic N) is 1. The molecule has 8 heteroatoms. The van der Waals surface area contributed by atoms with Crippen LogP contribution in [0.15, 0.2) is 36.4 Å². The van der Waals surface area contributed by atoms with Crippen molar-refractivity contribution in [2.75, 3.05) is 12.0 Å². The number of rotatable bonds is 2. The fourth-order valence-corrected chi connectivity index (χ4v) is 3.64. The monoisotopic (exact) mass is 374 g/mol. The number of nitrogens with one attached hydrogen (secondary N) is 1. The van der Waals surface area contributed by atoms with E-state index in [1.807, 2.05) is 0 Å². The summed E-state index contributed by atoms with van der Waals surface area (Å²) in [7, 11) is 1.28. The normalized spacial score (nSPS) is 23.2. The summed E-state index contributed by atoms with van der Waals surface area (Å²) in [5, 5.41) is 2.77. The van der Waals surface area contributed by atoms with Gasteiger partial charge in [-0.2, -0.15) is 0 Å². The molecule has 0 saturated carbocycles. The lowest BCUT2D eigenvalue weighted by Gasteiger charge is -2.50. The van der Waals surface area contributed by atoms with E-state index >= 15 is 0 Å². The Balaban J connectivity index is 1.78. The zero-order valence-electron chi connectivity index (χ0n) is 14.6. The first-order chi connectivity index (χ1) is 12.8. The fraction of sp³-hybridized carbons (Fsp3) is 0.263. The first-order valence-corrected chi connectivity index (χ1v) is 8.29. The number of halogens is 2. The molecule has 2 heterocycles. The molecule has 0 aliphatic carbocycles. The van der Waals surface area contributed by atoms with Gasteiger partial charge in [-0.3, -0.25) is 4.90 Å². The highest BCUT2D eigenvalue weighted by molar-refractivity contribution is 5.95. The molecular formula is C19H16F2N2O4. The Bertz CT molecular complexity index is 965. The van der Waals surface area contributed by atoms with Crippen molar-refractivity contribution in [2.45, 2.75) is 25.1 Å². The fourth-order valence-electron chi connectivity index (χ4n) is 3.64. The van der Waals surface area contributed by atoms with Gasteiger partial charge in [0, 0.05) is 18.1 Å². The van der Waals surface area contributed by atoms with Gasteiger partial charge in [0.05, 0.1) is 24.4 Å². The van der Waals surface area contributed by atoms with Crippen LogP contribution in [0, 0.1) is 11.6 Å². The third-order valence-electron chi connectivity index (χ3n) is 4.84. The number of carbonyl (C=O) groups is 2. The summed E-state index contributed by atoms with van der Waals surface area (Å²) in [6.07, 6.45) is 0.284. The molecular weight excluding hydrogens is 358 g/mol. The molecule has 2 atom stereocenters. The summed E-state index contributed by atoms with van der Waals surface area (Å²) in [6.45, 7) is 1.64. The van der Waals surface area contributed by atoms with Crippen LogP contribution in [0.25, 0.3) is 0 Å². The molecule has 2 aromatic carbocycles. The molecule has 1 N–H and O–H groups in total. The van der Waals surface area contributed by atoms with Crippen LogP contribution in [-0.2, 0) is 4.74 Å². The number of amides is 2. The maximum absolute atomic E-state index is 14.3. The summed E-state index contributed by atoms with van der Waals surface area (Å²) in [6, 6.07) is 6.60. The molecule has 2 bridgehead atoms. The zero-order valence-corrected chi connectivity index (χ0v) is 14.6. The molecule has 2 aliphatic heterocycles. The topological polar surface area (TPSA) is 67.9 Å². The largest absolute Gasteiger partial charge is 0.467 e. The Hall–Kier alpha value is -3.16. The number of fused-ring (bicyclic) bond motifs is 4. The van der Waals surface area contributed by atoms with E-state index in [1.54, 1.807) is 25.1 Å². The average molecular weight is 374 g/mol. The predicted octanol–water partition coefficient (Wildman–Crippen LogP) is 3.52. The second kappa shape index (κ2) is 5.94. The number of hydrogen-bond acceptors (Lipinski definition) is 4. The summed E-state index contributed by atoms with van der Waals surface area (Å²) in [5.74, 6) is -1.45. The third-order valence-corrected chi connectivity index (χ3v) is 4.84. The summed E-state index contributed by atoms with van der Waals surface area (Å²) in [4.78, 5) is 25.6. The van der Waals surface area contributed by atoms with Crippen molar-refractivity contribution in [1.82, 2.24) is 5.32 Å². The van der Waals surface area contributed by atoms with Gasteiger partial charge in [0.25, 0.3) is 0 Å². The highest BCUT2D eigenvalue weighted by atomic mass is 19.1. The van der Waals surface area contributed by atoms with Gasteiger partial charge < -0.3 is 14.8 Å². The molecule has 1 saturated heterocycles. The maximum atomic E-state index is 14.3. The lowest BCUT2D eigenvalue weighted by Crippen LogP contribution is -2.65. The van der Waals surface area contributed by atoms with Crippen LogP contribution in [0.4, 0.5) is 19.3 Å². The minimum Gasteiger partial charge on any atom is -0.467 e. The average Bonchev–Trinajstić information content (AvgIpc) is 2.63. The van der Waals surface area contributed by atoms with Gasteiger partial charge in [0.1, 0.15) is 17.4 Å². The quantitative estimate of drug-likeness (QED) is 0.817. The van der Waals surface area contributed by atoms with Gasteiger partial charge in [-0.15, -0.1) is 0 Å². The van der Waals surface area contributed by atoms with Crippen molar-refractivity contribution in [1.29, 1.82) is 0 Å². The standard InChI is InChI=1S/C19H16F2N2O4/c1-19-9-14(12-7-10(17(24)26-2)3-6-16(12)27-19)22-18(25)23(19)15-8-11(20)4-5-13(15)21/h3-8,14H,9H2,1-2H3,(H,22,25)/t14-,19+/m0/s1. The number of urea groups is 1. The van der Waals surface area contributed by atoms with E-state index in [4.69, 9.17) is 9.47 Å². The Labute approximate surface area is 153 Å². The molecule has 0 radical (unpaired) electrons. The Morgan fingerprint density at radius 3 is 2.81 bits per heavy atom. The molecule has 0 unspecified atom stereocenters. The van der Waals surface area contributed by atoms with Crippen molar-refractivity contribution >= 4 is 17.7 Å². The number of anilines is 1. The number of esters is 1. The summed E-state index contributed by atoms with van der Waals surface area (Å²) < 4.78 is 38.7. The van der Waals surface area contributed by atoms with Gasteiger partial charge in [-0.1, -0.05) is 0 Å². The first-order valence-electron chi connectivity index (χ1n) is 8.29. The number of hydrogen-bond donors (Lipinski definition) is 1. The second-order valence-corrected chi connectivity index (χ2v) is 6.66. The van der Waals surface area contributed by atoms with E-state index in [2.05, 4.69) is 5.32 Å². The molecule has 140 valence electrons. The van der Waals surface area contributed by atoms with E-state index in [9.17, 15) is 18.4 Å². The smallest absolute Gasteiger partial charge is 0.337 e. The Morgan fingerprint density at radius 2 is 2.07 bits per heavy atom. The zero-order chi connectivity index (χ0) is 19.3. The highest BCUT2D eigenvalue weighted by Crippen LogP contribution is 2.46. The highest BCUT2D eigenvalue weighted by Gasteiger charge is 2.50. The lowest BCUT2D eigenvalue weighted by molar-refractivity contribution is 0.0372. The van der Waals surface area contributed by atoms with Crippen molar-refractivity contribution in [3.05, 3.63) is 59.2 Å². The van der Waals surface area contributed by atoms with E-state index in [0.717, 1.165) is 23.1 Å². The van der Waals surface area contributed by atoms with E-state index < -0.39 is 35.4 Å². The minimum atomic E-state index is -1.22. The number of carbonyl (C=O) groups excluding carboxylic acids is 2. The van der Waals surface area contributed by atoms with Crippen LogP contribution in [0.1, 0.15) is 35.3 Å². The van der Waals surface area contributed by atoms with Crippen LogP contribution in [-0.4, -0.2) is 24.8 Å². The molecule has 2 amide bonds. The van der Waals surface area contributed by atoms with E-state index in [0.29, 0.717) is 16.9 Å². The van der Waals surface area contributed by atoms with E-state index in [1.165, 1.54) is 7.11 Å². The lowest BCUT2D eigenvalue weighted by atomic mass is 9.89. The van der Waals surface area contributed by atoms with Crippen LogP contribution in [0.5, 0.6) is 5.75 Å².